The van der Waals surface area contributed by atoms with Crippen molar-refractivity contribution in [1.82, 2.24) is 5.32 Å². The highest BCUT2D eigenvalue weighted by Crippen LogP contribution is 2.65. The van der Waals surface area contributed by atoms with Gasteiger partial charge in [0.1, 0.15) is 12.0 Å². The molecule has 2 saturated carbocycles. The highest BCUT2D eigenvalue weighted by molar-refractivity contribution is 5.88. The first kappa shape index (κ1) is 14.6. The lowest BCUT2D eigenvalue weighted by Crippen LogP contribution is -2.44. The lowest BCUT2D eigenvalue weighted by molar-refractivity contribution is 0.0600. The SMILES string of the molecule is COC(=O)c1coc(CNC2CC3CCC2(C)C3(C)C)c1. The Morgan fingerprint density at radius 3 is 2.81 bits per heavy atom. The van der Waals surface area contributed by atoms with Gasteiger partial charge >= 0.3 is 5.97 Å². The number of ether oxygens (including phenoxy) is 1. The molecule has 1 heterocycles. The van der Waals surface area contributed by atoms with Gasteiger partial charge in [-0.1, -0.05) is 20.8 Å². The molecule has 0 radical (unpaired) electrons. The number of rotatable bonds is 4. The van der Waals surface area contributed by atoms with Crippen LogP contribution in [0.2, 0.25) is 0 Å². The Balaban J connectivity index is 1.64. The first-order chi connectivity index (χ1) is 9.88. The molecule has 0 aromatic carbocycles. The highest BCUT2D eigenvalue weighted by atomic mass is 16.5. The quantitative estimate of drug-likeness (QED) is 0.864. The second-order valence-electron chi connectivity index (χ2n) is 7.34. The molecule has 1 aromatic rings. The van der Waals surface area contributed by atoms with Crippen molar-refractivity contribution < 1.29 is 13.9 Å². The van der Waals surface area contributed by atoms with Gasteiger partial charge in [-0.25, -0.2) is 4.79 Å². The van der Waals surface area contributed by atoms with Gasteiger partial charge < -0.3 is 14.5 Å². The molecule has 0 amide bonds. The monoisotopic (exact) mass is 291 g/mol. The fourth-order valence-electron chi connectivity index (χ4n) is 4.43. The molecule has 1 N–H and O–H groups in total. The average molecular weight is 291 g/mol. The molecule has 3 atom stereocenters. The largest absolute Gasteiger partial charge is 0.467 e. The first-order valence-electron chi connectivity index (χ1n) is 7.77. The summed E-state index contributed by atoms with van der Waals surface area (Å²) in [6, 6.07) is 2.29. The van der Waals surface area contributed by atoms with Gasteiger partial charge in [0.25, 0.3) is 0 Å². The summed E-state index contributed by atoms with van der Waals surface area (Å²) in [5.74, 6) is 1.26. The number of nitrogens with one attached hydrogen (secondary N) is 1. The molecular formula is C17H25NO3. The van der Waals surface area contributed by atoms with Crippen LogP contribution in [0.3, 0.4) is 0 Å². The van der Waals surface area contributed by atoms with E-state index in [1.807, 2.05) is 0 Å². The Hall–Kier alpha value is -1.29. The lowest BCUT2D eigenvalue weighted by atomic mass is 9.69. The molecule has 4 heteroatoms. The Kier molecular flexibility index (Phi) is 3.40. The Bertz CT molecular complexity index is 548. The lowest BCUT2D eigenvalue weighted by Gasteiger charge is -2.39. The molecule has 2 aliphatic rings. The number of esters is 1. The van der Waals surface area contributed by atoms with Gasteiger partial charge in [0.05, 0.1) is 19.2 Å². The van der Waals surface area contributed by atoms with Gasteiger partial charge in [0, 0.05) is 6.04 Å². The maximum atomic E-state index is 11.4. The summed E-state index contributed by atoms with van der Waals surface area (Å²) in [5.41, 5.74) is 1.24. The van der Waals surface area contributed by atoms with E-state index in [2.05, 4.69) is 26.1 Å². The Morgan fingerprint density at radius 2 is 2.24 bits per heavy atom. The van der Waals surface area contributed by atoms with Gasteiger partial charge in [-0.2, -0.15) is 0 Å². The van der Waals surface area contributed by atoms with Crippen LogP contribution in [0.15, 0.2) is 16.7 Å². The van der Waals surface area contributed by atoms with E-state index in [1.165, 1.54) is 32.6 Å². The van der Waals surface area contributed by atoms with Crippen molar-refractivity contribution in [3.05, 3.63) is 23.7 Å². The van der Waals surface area contributed by atoms with E-state index >= 15 is 0 Å². The van der Waals surface area contributed by atoms with Gasteiger partial charge in [0.15, 0.2) is 0 Å². The summed E-state index contributed by atoms with van der Waals surface area (Å²) in [6.45, 7) is 7.91. The van der Waals surface area contributed by atoms with E-state index in [-0.39, 0.29) is 5.97 Å². The Labute approximate surface area is 126 Å². The molecule has 21 heavy (non-hydrogen) atoms. The molecule has 4 nitrogen and oxygen atoms in total. The van der Waals surface area contributed by atoms with Gasteiger partial charge in [-0.05, 0) is 42.1 Å². The van der Waals surface area contributed by atoms with Crippen LogP contribution in [-0.4, -0.2) is 19.1 Å². The minimum absolute atomic E-state index is 0.349. The number of carbonyl (C=O) groups is 1. The fourth-order valence-corrected chi connectivity index (χ4v) is 4.43. The van der Waals surface area contributed by atoms with Crippen molar-refractivity contribution >= 4 is 5.97 Å². The molecule has 0 saturated heterocycles. The zero-order chi connectivity index (χ0) is 15.3. The van der Waals surface area contributed by atoms with Crippen LogP contribution in [0.4, 0.5) is 0 Å². The van der Waals surface area contributed by atoms with E-state index in [9.17, 15) is 4.79 Å². The van der Waals surface area contributed by atoms with E-state index in [0.717, 1.165) is 11.7 Å². The summed E-state index contributed by atoms with van der Waals surface area (Å²) in [7, 11) is 1.38. The Morgan fingerprint density at radius 1 is 1.48 bits per heavy atom. The number of hydrogen-bond acceptors (Lipinski definition) is 4. The van der Waals surface area contributed by atoms with Crippen molar-refractivity contribution in [2.45, 2.75) is 52.6 Å². The number of furan rings is 1. The molecule has 3 unspecified atom stereocenters. The third-order valence-corrected chi connectivity index (χ3v) is 6.39. The summed E-state index contributed by atoms with van der Waals surface area (Å²) in [6.07, 6.45) is 5.37. The van der Waals surface area contributed by atoms with Crippen LogP contribution in [0.25, 0.3) is 0 Å². The van der Waals surface area contributed by atoms with Crippen LogP contribution >= 0.6 is 0 Å². The molecule has 0 spiro atoms. The van der Waals surface area contributed by atoms with Crippen LogP contribution in [0, 0.1) is 16.7 Å². The average Bonchev–Trinajstić information content (AvgIpc) is 3.06. The first-order valence-corrected chi connectivity index (χ1v) is 7.77. The van der Waals surface area contributed by atoms with Crippen molar-refractivity contribution in [1.29, 1.82) is 0 Å². The van der Waals surface area contributed by atoms with E-state index < -0.39 is 0 Å². The summed E-state index contributed by atoms with van der Waals surface area (Å²) < 4.78 is 10.1. The second-order valence-corrected chi connectivity index (χ2v) is 7.34. The predicted molar refractivity (Wildman–Crippen MR) is 79.9 cm³/mol. The fraction of sp³-hybridized carbons (Fsp3) is 0.706. The zero-order valence-corrected chi connectivity index (χ0v) is 13.4. The normalized spacial score (nSPS) is 33.3. The molecule has 2 aliphatic carbocycles. The van der Waals surface area contributed by atoms with Gasteiger partial charge in [0.2, 0.25) is 0 Å². The van der Waals surface area contributed by atoms with Crippen LogP contribution < -0.4 is 5.32 Å². The van der Waals surface area contributed by atoms with Crippen LogP contribution in [-0.2, 0) is 11.3 Å². The second kappa shape index (κ2) is 4.87. The predicted octanol–water partition coefficient (Wildman–Crippen LogP) is 3.37. The number of carbonyl (C=O) groups excluding carboxylic acids is 1. The zero-order valence-electron chi connectivity index (χ0n) is 13.4. The topological polar surface area (TPSA) is 51.5 Å². The summed E-state index contributed by atoms with van der Waals surface area (Å²) in [4.78, 5) is 11.4. The number of methoxy groups -OCH3 is 1. The maximum absolute atomic E-state index is 11.4. The standard InChI is InChI=1S/C17H25NO3/c1-16(2)12-5-6-17(16,3)14(8-12)18-9-13-7-11(10-21-13)15(19)20-4/h7,10,12,14,18H,5-6,8-9H2,1-4H3. The molecule has 3 rings (SSSR count). The van der Waals surface area contributed by atoms with Crippen molar-refractivity contribution in [3.63, 3.8) is 0 Å². The van der Waals surface area contributed by atoms with Gasteiger partial charge in [-0.3, -0.25) is 0 Å². The molecule has 116 valence electrons. The summed E-state index contributed by atoms with van der Waals surface area (Å²) >= 11 is 0. The highest BCUT2D eigenvalue weighted by Gasteiger charge is 2.60. The van der Waals surface area contributed by atoms with Crippen LogP contribution in [0.5, 0.6) is 0 Å². The molecule has 1 aromatic heterocycles. The third-order valence-electron chi connectivity index (χ3n) is 6.39. The van der Waals surface area contributed by atoms with Crippen molar-refractivity contribution in [2.24, 2.45) is 16.7 Å². The third kappa shape index (κ3) is 2.11. The smallest absolute Gasteiger partial charge is 0.341 e. The van der Waals surface area contributed by atoms with Crippen LogP contribution in [0.1, 0.15) is 56.2 Å². The molecule has 2 fully saturated rings. The van der Waals surface area contributed by atoms with E-state index in [0.29, 0.717) is 29.0 Å². The van der Waals surface area contributed by atoms with Crippen molar-refractivity contribution in [3.8, 4) is 0 Å². The molecule has 2 bridgehead atoms. The van der Waals surface area contributed by atoms with Crippen molar-refractivity contribution in [2.75, 3.05) is 7.11 Å². The minimum Gasteiger partial charge on any atom is -0.467 e. The minimum atomic E-state index is -0.349. The van der Waals surface area contributed by atoms with Gasteiger partial charge in [-0.15, -0.1) is 0 Å². The van der Waals surface area contributed by atoms with E-state index in [4.69, 9.17) is 9.15 Å². The maximum Gasteiger partial charge on any atom is 0.341 e. The molecular weight excluding hydrogens is 266 g/mol. The van der Waals surface area contributed by atoms with E-state index in [1.54, 1.807) is 6.07 Å². The molecule has 0 aliphatic heterocycles. The number of fused-ring (bicyclic) bond motifs is 2. The number of hydrogen-bond donors (Lipinski definition) is 1. The summed E-state index contributed by atoms with van der Waals surface area (Å²) in [5, 5.41) is 3.65.